The number of aromatic nitrogens is 4. The number of aryl methyl sites for hydroxylation is 1. The lowest BCUT2D eigenvalue weighted by Gasteiger charge is -2.13. The Hall–Kier alpha value is -2.61. The number of rotatable bonds is 7. The van der Waals surface area contributed by atoms with Gasteiger partial charge in [0.15, 0.2) is 5.82 Å². The second kappa shape index (κ2) is 6.84. The molecule has 1 aliphatic carbocycles. The highest BCUT2D eigenvalue weighted by Gasteiger charge is 2.50. The van der Waals surface area contributed by atoms with Crippen LogP contribution >= 0.6 is 0 Å². The van der Waals surface area contributed by atoms with Gasteiger partial charge in [-0.05, 0) is 37.0 Å². The molecule has 4 rings (SSSR count). The summed E-state index contributed by atoms with van der Waals surface area (Å²) in [5, 5.41) is 8.12. The maximum Gasteiger partial charge on any atom is 0.282 e. The van der Waals surface area contributed by atoms with Gasteiger partial charge in [-0.1, -0.05) is 29.4 Å². The van der Waals surface area contributed by atoms with Gasteiger partial charge in [0, 0.05) is 7.11 Å². The average Bonchev–Trinajstić information content (AvgIpc) is 3.12. The molecule has 0 N–H and O–H groups in total. The van der Waals surface area contributed by atoms with Crippen molar-refractivity contribution in [3.63, 3.8) is 0 Å². The predicted molar refractivity (Wildman–Crippen MR) is 93.5 cm³/mol. The van der Waals surface area contributed by atoms with E-state index >= 15 is 0 Å². The highest BCUT2D eigenvalue weighted by atomic mass is 19.3. The SMILES string of the molecule is COCCn1nc(C(F)F)cc1-c1nc(C2(c3ccccc3C)CC2)no1. The predicted octanol–water partition coefficient (Wildman–Crippen LogP) is 3.91. The number of alkyl halides is 2. The molecule has 3 aromatic rings. The lowest BCUT2D eigenvalue weighted by molar-refractivity contribution is 0.143. The third-order valence-corrected chi connectivity index (χ3v) is 5.01. The second-order valence-electron chi connectivity index (χ2n) is 6.79. The Balaban J connectivity index is 1.70. The van der Waals surface area contributed by atoms with E-state index < -0.39 is 6.43 Å². The summed E-state index contributed by atoms with van der Waals surface area (Å²) in [6.45, 7) is 2.72. The molecular weight excluding hydrogens is 354 g/mol. The molecule has 2 aromatic heterocycles. The zero-order valence-corrected chi connectivity index (χ0v) is 15.2. The lowest BCUT2D eigenvalue weighted by Crippen LogP contribution is -2.12. The van der Waals surface area contributed by atoms with Crippen molar-refractivity contribution in [3.8, 4) is 11.6 Å². The van der Waals surface area contributed by atoms with Gasteiger partial charge in [0.1, 0.15) is 11.4 Å². The number of hydrogen-bond donors (Lipinski definition) is 0. The summed E-state index contributed by atoms with van der Waals surface area (Å²) < 4.78 is 38.1. The molecule has 6 nitrogen and oxygen atoms in total. The van der Waals surface area contributed by atoms with E-state index in [1.807, 2.05) is 12.1 Å². The first-order valence-corrected chi connectivity index (χ1v) is 8.80. The molecule has 8 heteroatoms. The maximum absolute atomic E-state index is 13.1. The average molecular weight is 374 g/mol. The van der Waals surface area contributed by atoms with Crippen LogP contribution in [0.25, 0.3) is 11.6 Å². The van der Waals surface area contributed by atoms with Crippen LogP contribution in [0.15, 0.2) is 34.9 Å². The Morgan fingerprint density at radius 2 is 2.07 bits per heavy atom. The largest absolute Gasteiger partial charge is 0.383 e. The highest BCUT2D eigenvalue weighted by molar-refractivity contribution is 5.50. The fourth-order valence-electron chi connectivity index (χ4n) is 3.43. The first kappa shape index (κ1) is 17.8. The molecule has 1 aliphatic rings. The van der Waals surface area contributed by atoms with E-state index in [4.69, 9.17) is 9.26 Å². The molecule has 0 unspecified atom stereocenters. The number of hydrogen-bond acceptors (Lipinski definition) is 5. The Morgan fingerprint density at radius 1 is 1.30 bits per heavy atom. The molecule has 2 heterocycles. The van der Waals surface area contributed by atoms with Crippen molar-refractivity contribution in [1.29, 1.82) is 0 Å². The summed E-state index contributed by atoms with van der Waals surface area (Å²) in [5.74, 6) is 0.783. The molecule has 1 saturated carbocycles. The van der Waals surface area contributed by atoms with Crippen molar-refractivity contribution in [2.24, 2.45) is 0 Å². The Kier molecular flexibility index (Phi) is 4.51. The monoisotopic (exact) mass is 374 g/mol. The zero-order chi connectivity index (χ0) is 19.0. The van der Waals surface area contributed by atoms with Crippen molar-refractivity contribution >= 4 is 0 Å². The minimum atomic E-state index is -2.67. The smallest absolute Gasteiger partial charge is 0.282 e. The van der Waals surface area contributed by atoms with Gasteiger partial charge in [-0.15, -0.1) is 0 Å². The zero-order valence-electron chi connectivity index (χ0n) is 15.2. The van der Waals surface area contributed by atoms with Crippen molar-refractivity contribution in [2.75, 3.05) is 13.7 Å². The van der Waals surface area contributed by atoms with Crippen LogP contribution in [0.3, 0.4) is 0 Å². The summed E-state index contributed by atoms with van der Waals surface area (Å²) in [7, 11) is 1.54. The fraction of sp³-hybridized carbons (Fsp3) is 0.421. The number of halogens is 2. The third-order valence-electron chi connectivity index (χ3n) is 5.01. The van der Waals surface area contributed by atoms with Crippen LogP contribution in [0.5, 0.6) is 0 Å². The third kappa shape index (κ3) is 3.14. The van der Waals surface area contributed by atoms with Gasteiger partial charge in [0.25, 0.3) is 12.3 Å². The van der Waals surface area contributed by atoms with E-state index in [0.29, 0.717) is 24.7 Å². The Bertz CT molecular complexity index is 947. The number of ether oxygens (including phenoxy) is 1. The van der Waals surface area contributed by atoms with Gasteiger partial charge >= 0.3 is 0 Å². The van der Waals surface area contributed by atoms with E-state index in [1.165, 1.54) is 21.9 Å². The molecule has 0 bridgehead atoms. The molecule has 0 atom stereocenters. The van der Waals surface area contributed by atoms with Crippen LogP contribution in [0, 0.1) is 6.92 Å². The van der Waals surface area contributed by atoms with Crippen molar-refractivity contribution in [3.05, 3.63) is 53.0 Å². The van der Waals surface area contributed by atoms with Gasteiger partial charge in [-0.2, -0.15) is 10.1 Å². The summed E-state index contributed by atoms with van der Waals surface area (Å²) >= 11 is 0. The number of nitrogens with zero attached hydrogens (tertiary/aromatic N) is 4. The van der Waals surface area contributed by atoms with Gasteiger partial charge < -0.3 is 9.26 Å². The molecule has 0 saturated heterocycles. The normalized spacial score (nSPS) is 15.4. The Labute approximate surface area is 155 Å². The standard InChI is InChI=1S/C19H20F2N4O2/c1-12-5-3-4-6-13(12)19(7-8-19)18-22-17(27-24-18)15-11-14(16(20)21)23-25(15)9-10-26-2/h3-6,11,16H,7-10H2,1-2H3. The molecule has 27 heavy (non-hydrogen) atoms. The molecule has 142 valence electrons. The van der Waals surface area contributed by atoms with Gasteiger partial charge in [-0.3, -0.25) is 4.68 Å². The van der Waals surface area contributed by atoms with Gasteiger partial charge in [-0.25, -0.2) is 8.78 Å². The van der Waals surface area contributed by atoms with E-state index in [1.54, 1.807) is 7.11 Å². The van der Waals surface area contributed by atoms with Crippen molar-refractivity contribution in [1.82, 2.24) is 19.9 Å². The van der Waals surface area contributed by atoms with Crippen LogP contribution < -0.4 is 0 Å². The van der Waals surface area contributed by atoms with Crippen LogP contribution in [0.4, 0.5) is 8.78 Å². The molecule has 0 spiro atoms. The summed E-state index contributed by atoms with van der Waals surface area (Å²) in [6, 6.07) is 9.43. The van der Waals surface area contributed by atoms with E-state index in [2.05, 4.69) is 34.3 Å². The minimum absolute atomic E-state index is 0.195. The van der Waals surface area contributed by atoms with Gasteiger partial charge in [0.2, 0.25) is 0 Å². The molecule has 0 aliphatic heterocycles. The quantitative estimate of drug-likeness (QED) is 0.627. The fourth-order valence-corrected chi connectivity index (χ4v) is 3.43. The lowest BCUT2D eigenvalue weighted by atomic mass is 9.91. The molecule has 1 aromatic carbocycles. The van der Waals surface area contributed by atoms with Crippen LogP contribution in [-0.4, -0.2) is 33.6 Å². The molecule has 0 radical (unpaired) electrons. The molecule has 0 amide bonds. The van der Waals surface area contributed by atoms with Gasteiger partial charge in [0.05, 0.1) is 18.6 Å². The van der Waals surface area contributed by atoms with Crippen LogP contribution in [0.1, 0.15) is 41.9 Å². The second-order valence-corrected chi connectivity index (χ2v) is 6.79. The van der Waals surface area contributed by atoms with Crippen molar-refractivity contribution in [2.45, 2.75) is 38.2 Å². The molecular formula is C19H20F2N4O2. The van der Waals surface area contributed by atoms with E-state index in [9.17, 15) is 8.78 Å². The Morgan fingerprint density at radius 3 is 2.74 bits per heavy atom. The first-order chi connectivity index (χ1) is 13.0. The van der Waals surface area contributed by atoms with Crippen molar-refractivity contribution < 1.29 is 18.0 Å². The first-order valence-electron chi connectivity index (χ1n) is 8.80. The number of methoxy groups -OCH3 is 1. The number of benzene rings is 1. The topological polar surface area (TPSA) is 66.0 Å². The summed E-state index contributed by atoms with van der Waals surface area (Å²) in [5.41, 5.74) is 2.16. The van der Waals surface area contributed by atoms with Crippen LogP contribution in [-0.2, 0) is 16.7 Å². The molecule has 1 fully saturated rings. The van der Waals surface area contributed by atoms with Crippen LogP contribution in [0.2, 0.25) is 0 Å². The maximum atomic E-state index is 13.1. The van der Waals surface area contributed by atoms with E-state index in [0.717, 1.165) is 12.8 Å². The summed E-state index contributed by atoms with van der Waals surface area (Å²) in [6.07, 6.45) is -0.805. The highest BCUT2D eigenvalue weighted by Crippen LogP contribution is 2.53. The summed E-state index contributed by atoms with van der Waals surface area (Å²) in [4.78, 5) is 4.55. The van der Waals surface area contributed by atoms with E-state index in [-0.39, 0.29) is 17.0 Å². The minimum Gasteiger partial charge on any atom is -0.383 e.